The minimum atomic E-state index is -5.04. The number of carbonyl (C=O) groups excluding carboxylic acids is 1. The van der Waals surface area contributed by atoms with E-state index in [1.165, 1.54) is 19.0 Å². The molecular weight excluding hydrogens is 339 g/mol. The van der Waals surface area contributed by atoms with Crippen LogP contribution in [0.3, 0.4) is 0 Å². The van der Waals surface area contributed by atoms with Crippen LogP contribution in [0.25, 0.3) is 16.8 Å². The third-order valence-electron chi connectivity index (χ3n) is 2.99. The molecule has 2 rings (SSSR count). The highest BCUT2D eigenvalue weighted by Gasteiger charge is 2.42. The van der Waals surface area contributed by atoms with Crippen LogP contribution in [0.15, 0.2) is 36.5 Å². The molecule has 0 fully saturated rings. The molecule has 1 aromatic carbocycles. The molecule has 1 aromatic heterocycles. The van der Waals surface area contributed by atoms with E-state index >= 15 is 0 Å². The first-order valence-electron chi connectivity index (χ1n) is 6.71. The molecule has 4 nitrogen and oxygen atoms in total. The van der Waals surface area contributed by atoms with Crippen molar-refractivity contribution in [2.45, 2.75) is 6.18 Å². The Balaban J connectivity index is 2.63. The largest absolute Gasteiger partial charge is 0.454 e. The number of allylic oxidation sites excluding steroid dienone is 1. The molecule has 0 atom stereocenters. The molecule has 24 heavy (non-hydrogen) atoms. The lowest BCUT2D eigenvalue weighted by Gasteiger charge is -2.12. The topological polar surface area (TPSA) is 57.0 Å². The van der Waals surface area contributed by atoms with Gasteiger partial charge in [0.2, 0.25) is 0 Å². The molecule has 0 saturated carbocycles. The predicted octanol–water partition coefficient (Wildman–Crippen LogP) is 3.72. The second kappa shape index (κ2) is 6.84. The molecule has 0 N–H and O–H groups in total. The summed E-state index contributed by atoms with van der Waals surface area (Å²) in [7, 11) is 2.99. The number of hydrogen-bond donors (Lipinski definition) is 0. The molecule has 0 bridgehead atoms. The summed E-state index contributed by atoms with van der Waals surface area (Å²) in [6.07, 6.45) is -3.98. The third-order valence-corrected chi connectivity index (χ3v) is 3.87. The Morgan fingerprint density at radius 1 is 1.29 bits per heavy atom. The number of rotatable bonds is 4. The molecule has 8 heteroatoms. The van der Waals surface area contributed by atoms with E-state index < -0.39 is 17.5 Å². The smallest absolute Gasteiger partial charge is 0.383 e. The van der Waals surface area contributed by atoms with E-state index in [1.54, 1.807) is 30.3 Å². The summed E-state index contributed by atoms with van der Waals surface area (Å²) in [5.41, 5.74) is 0.221. The Bertz CT molecular complexity index is 817. The van der Waals surface area contributed by atoms with Gasteiger partial charge in [-0.2, -0.15) is 22.8 Å². The van der Waals surface area contributed by atoms with Gasteiger partial charge in [-0.15, -0.1) is 0 Å². The number of hydrogen-bond acceptors (Lipinski definition) is 5. The summed E-state index contributed by atoms with van der Waals surface area (Å²) in [6.45, 7) is 0. The summed E-state index contributed by atoms with van der Waals surface area (Å²) < 4.78 is 42.8. The third kappa shape index (κ3) is 3.63. The Morgan fingerprint density at radius 3 is 2.42 bits per heavy atom. The summed E-state index contributed by atoms with van der Waals surface area (Å²) in [5, 5.41) is 9.40. The van der Waals surface area contributed by atoms with Crippen LogP contribution in [0.2, 0.25) is 0 Å². The zero-order valence-corrected chi connectivity index (χ0v) is 13.6. The minimum Gasteiger partial charge on any atom is -0.383 e. The van der Waals surface area contributed by atoms with Gasteiger partial charge in [0.15, 0.2) is 0 Å². The molecule has 0 unspecified atom stereocenters. The summed E-state index contributed by atoms with van der Waals surface area (Å²) >= 11 is 0.702. The van der Waals surface area contributed by atoms with E-state index in [4.69, 9.17) is 0 Å². The highest BCUT2D eigenvalue weighted by molar-refractivity contribution is 7.08. The van der Waals surface area contributed by atoms with Crippen LogP contribution in [-0.2, 0) is 4.79 Å². The number of halogens is 3. The van der Waals surface area contributed by atoms with Crippen molar-refractivity contribution in [3.05, 3.63) is 47.0 Å². The van der Waals surface area contributed by atoms with Crippen LogP contribution in [-0.4, -0.2) is 35.3 Å². The van der Waals surface area contributed by atoms with E-state index in [0.29, 0.717) is 17.1 Å². The molecule has 0 radical (unpaired) electrons. The zero-order chi connectivity index (χ0) is 17.9. The number of benzene rings is 1. The summed E-state index contributed by atoms with van der Waals surface area (Å²) in [4.78, 5) is 13.0. The summed E-state index contributed by atoms with van der Waals surface area (Å²) in [5.74, 6) is -2.00. The highest BCUT2D eigenvalue weighted by atomic mass is 32.1. The molecule has 124 valence electrons. The van der Waals surface area contributed by atoms with E-state index in [1.807, 2.05) is 6.07 Å². The van der Waals surface area contributed by atoms with Crippen molar-refractivity contribution in [2.24, 2.45) is 0 Å². The normalized spacial score (nSPS) is 11.9. The lowest BCUT2D eigenvalue weighted by atomic mass is 10.0. The monoisotopic (exact) mass is 351 g/mol. The molecule has 0 aliphatic heterocycles. The Labute approximate surface area is 140 Å². The van der Waals surface area contributed by atoms with Crippen LogP contribution in [0.5, 0.6) is 0 Å². The average Bonchev–Trinajstić information content (AvgIpc) is 2.95. The van der Waals surface area contributed by atoms with Crippen molar-refractivity contribution in [3.63, 3.8) is 0 Å². The van der Waals surface area contributed by atoms with Gasteiger partial charge in [-0.1, -0.05) is 30.3 Å². The Hall–Kier alpha value is -2.66. The van der Waals surface area contributed by atoms with Crippen LogP contribution < -0.4 is 0 Å². The molecule has 0 amide bonds. The Morgan fingerprint density at radius 2 is 1.92 bits per heavy atom. The maximum atomic E-state index is 12.9. The lowest BCUT2D eigenvalue weighted by molar-refractivity contribution is -0.164. The summed E-state index contributed by atoms with van der Waals surface area (Å²) in [6, 6.07) is 10.5. The van der Waals surface area contributed by atoms with Gasteiger partial charge in [-0.3, -0.25) is 4.79 Å². The number of carbonyl (C=O) groups is 1. The minimum absolute atomic E-state index is 0.0445. The molecule has 2 aromatic rings. The SMILES string of the molecule is CN(C)/C=C(\C(=O)C(F)(F)F)c1snc(-c2ccccc2)c1C#N. The van der Waals surface area contributed by atoms with Gasteiger partial charge in [-0.25, -0.2) is 0 Å². The molecular formula is C16H12F3N3OS. The Kier molecular flexibility index (Phi) is 5.04. The number of Topliss-reactive ketones (excluding diaryl/α,β-unsaturated/α-hetero) is 1. The van der Waals surface area contributed by atoms with E-state index in [-0.39, 0.29) is 16.1 Å². The lowest BCUT2D eigenvalue weighted by Crippen LogP contribution is -2.25. The first-order valence-corrected chi connectivity index (χ1v) is 7.48. The van der Waals surface area contributed by atoms with Crippen molar-refractivity contribution in [2.75, 3.05) is 14.1 Å². The fourth-order valence-electron chi connectivity index (χ4n) is 2.00. The maximum Gasteiger partial charge on any atom is 0.454 e. The van der Waals surface area contributed by atoms with Gasteiger partial charge in [-0.05, 0) is 11.5 Å². The molecule has 1 heterocycles. The highest BCUT2D eigenvalue weighted by Crippen LogP contribution is 2.35. The fourth-order valence-corrected chi connectivity index (χ4v) is 2.86. The molecule has 0 aliphatic carbocycles. The maximum absolute atomic E-state index is 12.9. The van der Waals surface area contributed by atoms with Crippen LogP contribution in [0.4, 0.5) is 13.2 Å². The van der Waals surface area contributed by atoms with Crippen molar-refractivity contribution >= 4 is 22.9 Å². The first kappa shape index (κ1) is 17.7. The van der Waals surface area contributed by atoms with Gasteiger partial charge in [0.1, 0.15) is 11.8 Å². The van der Waals surface area contributed by atoms with Crippen molar-refractivity contribution in [3.8, 4) is 17.3 Å². The second-order valence-electron chi connectivity index (χ2n) is 5.05. The standard InChI is InChI=1S/C16H12F3N3OS/c1-22(2)9-12(15(23)16(17,18)19)14-11(8-20)13(21-24-14)10-6-4-3-5-7-10/h3-7,9H,1-2H3/b12-9-. The molecule has 0 saturated heterocycles. The number of nitrogens with zero attached hydrogens (tertiary/aromatic N) is 3. The fraction of sp³-hybridized carbons (Fsp3) is 0.188. The van der Waals surface area contributed by atoms with E-state index in [9.17, 15) is 23.2 Å². The number of alkyl halides is 3. The van der Waals surface area contributed by atoms with Crippen molar-refractivity contribution in [1.29, 1.82) is 5.26 Å². The van der Waals surface area contributed by atoms with E-state index in [2.05, 4.69) is 4.37 Å². The molecule has 0 aliphatic rings. The van der Waals surface area contributed by atoms with Crippen molar-refractivity contribution < 1.29 is 18.0 Å². The van der Waals surface area contributed by atoms with Gasteiger partial charge < -0.3 is 4.90 Å². The zero-order valence-electron chi connectivity index (χ0n) is 12.8. The van der Waals surface area contributed by atoms with Gasteiger partial charge >= 0.3 is 6.18 Å². The number of ketones is 1. The number of aromatic nitrogens is 1. The van der Waals surface area contributed by atoms with E-state index in [0.717, 1.165) is 6.20 Å². The predicted molar refractivity (Wildman–Crippen MR) is 85.0 cm³/mol. The quantitative estimate of drug-likeness (QED) is 0.788. The second-order valence-corrected chi connectivity index (χ2v) is 5.82. The average molecular weight is 351 g/mol. The van der Waals surface area contributed by atoms with Gasteiger partial charge in [0.25, 0.3) is 5.78 Å². The first-order chi connectivity index (χ1) is 11.3. The van der Waals surface area contributed by atoms with Crippen LogP contribution in [0, 0.1) is 11.3 Å². The van der Waals surface area contributed by atoms with Crippen molar-refractivity contribution in [1.82, 2.24) is 9.27 Å². The number of nitriles is 1. The van der Waals surface area contributed by atoms with Gasteiger partial charge in [0, 0.05) is 25.9 Å². The van der Waals surface area contributed by atoms with Gasteiger partial charge in [0.05, 0.1) is 16.0 Å². The van der Waals surface area contributed by atoms with Crippen LogP contribution in [0.1, 0.15) is 10.4 Å². The van der Waals surface area contributed by atoms with Crippen LogP contribution >= 0.6 is 11.5 Å². The molecule has 0 spiro atoms.